The van der Waals surface area contributed by atoms with E-state index in [0.717, 1.165) is 22.3 Å². The minimum absolute atomic E-state index is 0.155. The normalized spacial score (nSPS) is 13.1. The van der Waals surface area contributed by atoms with Crippen LogP contribution in [-0.4, -0.2) is 48.7 Å². The number of hydrogen-bond donors (Lipinski definition) is 9. The predicted molar refractivity (Wildman–Crippen MR) is 312 cm³/mol. The van der Waals surface area contributed by atoms with E-state index < -0.39 is 21.7 Å². The average molecular weight is 1040 g/mol. The van der Waals surface area contributed by atoms with Crippen molar-refractivity contribution in [2.45, 2.75) is 89.7 Å². The minimum Gasteiger partial charge on any atom is -0.392 e. The molecule has 0 spiro atoms. The number of benzene rings is 4. The van der Waals surface area contributed by atoms with E-state index in [2.05, 4.69) is 41.2 Å². The number of aromatic amines is 4. The Hall–Kier alpha value is -8.68. The summed E-state index contributed by atoms with van der Waals surface area (Å²) >= 11 is 0. The molecule has 0 radical (unpaired) electrons. The Kier molecular flexibility index (Phi) is 14.4. The summed E-state index contributed by atoms with van der Waals surface area (Å²) in [5.41, 5.74) is 8.39. The van der Waals surface area contributed by atoms with Gasteiger partial charge in [0.1, 0.15) is 0 Å². The van der Waals surface area contributed by atoms with Crippen LogP contribution in [0, 0.1) is 21.7 Å². The van der Waals surface area contributed by atoms with Gasteiger partial charge in [-0.25, -0.2) is 0 Å². The first-order chi connectivity index (χ1) is 36.8. The highest BCUT2D eigenvalue weighted by Crippen LogP contribution is 2.36. The molecule has 400 valence electrons. The van der Waals surface area contributed by atoms with Crippen molar-refractivity contribution in [1.29, 1.82) is 0 Å². The molecule has 0 fully saturated rings. The molecule has 1 aliphatic heterocycles. The molecule has 9 rings (SSSR count). The number of carbonyl (C=O) groups excluding carboxylic acids is 4. The maximum Gasteiger partial charge on any atom is 0.229 e. The monoisotopic (exact) mass is 1040 g/mol. The number of fused-ring (bicyclic) bond motifs is 8. The van der Waals surface area contributed by atoms with Gasteiger partial charge < -0.3 is 46.3 Å². The highest BCUT2D eigenvalue weighted by molar-refractivity contribution is 6.02. The van der Waals surface area contributed by atoms with Crippen molar-refractivity contribution in [2.24, 2.45) is 21.7 Å². The minimum atomic E-state index is -0.726. The number of aromatic nitrogens is 4. The molecule has 0 aliphatic carbocycles. The fourth-order valence-electron chi connectivity index (χ4n) is 9.24. The number of rotatable bonds is 9. The standard InChI is InChI=1S/C65H70N8O5/c1-62(2,3)58(75)70-42-25-17-13-21-38(42)53-46-29-30-47(66-46)54(39-22-14-18-26-43(39)71-59(76)63(4,5)6)49-33-34-51(68-49)56(41-24-16-20-28-45(41)73-61(78)65(10,11)12)57-37(36-74)35-52(69-57)55(50-32-31-48(53)67-50)40-23-15-19-27-44(40)72-60(77)64(7,8)9/h13-35,66-69,74H,36H2,1-12H3,(H,70,75)(H,71,76)(H,72,77)(H,73,78). The molecule has 78 heavy (non-hydrogen) atoms. The fraction of sp³-hybridized carbons (Fsp3) is 0.262. The fourth-order valence-corrected chi connectivity index (χ4v) is 9.24. The SMILES string of the molecule is CC(C)(C)C(=O)Nc1ccccc1C1=c2ccc([nH]2)=C(c2ccccc2NC(=O)C(C)(C)C)c2ccc([nH]2)C(c2ccccc2NC(=O)C(C)(C)C)=c2[nH]c(cc2CO)=C(c2ccccc2NC(=O)C(C)(C)C)c2ccc1[nH]2. The van der Waals surface area contributed by atoms with E-state index in [1.807, 2.05) is 223 Å². The van der Waals surface area contributed by atoms with Gasteiger partial charge in [0.2, 0.25) is 23.6 Å². The Bertz CT molecular complexity index is 3930. The van der Waals surface area contributed by atoms with Gasteiger partial charge in [0.25, 0.3) is 0 Å². The van der Waals surface area contributed by atoms with Crippen LogP contribution in [0.15, 0.2) is 140 Å². The molecular formula is C65H70N8O5. The van der Waals surface area contributed by atoms with Gasteiger partial charge in [-0.2, -0.15) is 0 Å². The second kappa shape index (κ2) is 20.7. The van der Waals surface area contributed by atoms with Gasteiger partial charge in [0, 0.05) is 133 Å². The number of nitrogens with one attached hydrogen (secondary N) is 8. The van der Waals surface area contributed by atoms with Crippen molar-refractivity contribution in [3.63, 3.8) is 0 Å². The molecule has 0 unspecified atom stereocenters. The van der Waals surface area contributed by atoms with Crippen LogP contribution in [0.5, 0.6) is 0 Å². The lowest BCUT2D eigenvalue weighted by molar-refractivity contribution is -0.123. The number of aliphatic hydroxyl groups excluding tert-OH is 1. The van der Waals surface area contributed by atoms with Crippen molar-refractivity contribution in [3.05, 3.63) is 212 Å². The zero-order valence-electron chi connectivity index (χ0n) is 46.6. The number of H-pyrrole nitrogens is 4. The van der Waals surface area contributed by atoms with Crippen LogP contribution >= 0.6 is 0 Å². The Balaban J connectivity index is 1.47. The molecule has 13 nitrogen and oxygen atoms in total. The molecule has 0 saturated carbocycles. The van der Waals surface area contributed by atoms with E-state index in [1.165, 1.54) is 0 Å². The summed E-state index contributed by atoms with van der Waals surface area (Å²) in [6.07, 6.45) is 0. The molecule has 8 bridgehead atoms. The third kappa shape index (κ3) is 11.0. The van der Waals surface area contributed by atoms with Crippen LogP contribution in [0.1, 0.15) is 134 Å². The molecule has 4 aromatic carbocycles. The van der Waals surface area contributed by atoms with Gasteiger partial charge >= 0.3 is 0 Å². The number of anilines is 4. The van der Waals surface area contributed by atoms with Crippen molar-refractivity contribution < 1.29 is 24.3 Å². The topological polar surface area (TPSA) is 200 Å². The largest absolute Gasteiger partial charge is 0.392 e. The lowest BCUT2D eigenvalue weighted by atomic mass is 9.94. The second-order valence-corrected chi connectivity index (χ2v) is 24.1. The summed E-state index contributed by atoms with van der Waals surface area (Å²) in [5, 5.41) is 27.1. The maximum absolute atomic E-state index is 13.9. The summed E-state index contributed by atoms with van der Waals surface area (Å²) in [5.74, 6) is -0.666. The third-order valence-corrected chi connectivity index (χ3v) is 13.8. The summed E-state index contributed by atoms with van der Waals surface area (Å²) < 4.78 is 0. The van der Waals surface area contributed by atoms with Crippen LogP contribution < -0.4 is 42.7 Å². The number of carbonyl (C=O) groups is 4. The van der Waals surface area contributed by atoms with Crippen LogP contribution in [0.2, 0.25) is 0 Å². The Morgan fingerprint density at radius 3 is 0.949 bits per heavy atom. The van der Waals surface area contributed by atoms with Gasteiger partial charge in [-0.1, -0.05) is 156 Å². The molecular weight excluding hydrogens is 973 g/mol. The van der Waals surface area contributed by atoms with Gasteiger partial charge in [0.05, 0.1) is 12.0 Å². The lowest BCUT2D eigenvalue weighted by Crippen LogP contribution is -2.28. The van der Waals surface area contributed by atoms with Crippen LogP contribution in [0.3, 0.4) is 0 Å². The summed E-state index contributed by atoms with van der Waals surface area (Å²) in [7, 11) is 0. The molecule has 13 heteroatoms. The van der Waals surface area contributed by atoms with E-state index in [1.54, 1.807) is 0 Å². The van der Waals surface area contributed by atoms with E-state index in [-0.39, 0.29) is 30.2 Å². The van der Waals surface area contributed by atoms with Crippen LogP contribution in [0.25, 0.3) is 22.3 Å². The summed E-state index contributed by atoms with van der Waals surface area (Å²) in [6, 6.07) is 44.6. The highest BCUT2D eigenvalue weighted by atomic mass is 16.3. The smallest absolute Gasteiger partial charge is 0.229 e. The van der Waals surface area contributed by atoms with Crippen molar-refractivity contribution in [3.8, 4) is 0 Å². The third-order valence-electron chi connectivity index (χ3n) is 13.8. The van der Waals surface area contributed by atoms with Crippen LogP contribution in [-0.2, 0) is 25.8 Å². The number of amides is 4. The zero-order valence-corrected chi connectivity index (χ0v) is 46.6. The van der Waals surface area contributed by atoms with Crippen LogP contribution in [0.4, 0.5) is 22.7 Å². The molecule has 4 amide bonds. The van der Waals surface area contributed by atoms with Crippen molar-refractivity contribution in [2.75, 3.05) is 21.3 Å². The molecule has 5 heterocycles. The molecule has 9 N–H and O–H groups in total. The first-order valence-electron chi connectivity index (χ1n) is 26.4. The first-order valence-corrected chi connectivity index (χ1v) is 26.4. The molecule has 0 atom stereocenters. The lowest BCUT2D eigenvalue weighted by Gasteiger charge is -2.21. The van der Waals surface area contributed by atoms with Gasteiger partial charge in [0.15, 0.2) is 0 Å². The zero-order chi connectivity index (χ0) is 56.1. The number of hydrogen-bond acceptors (Lipinski definition) is 5. The molecule has 4 aromatic heterocycles. The highest BCUT2D eigenvalue weighted by Gasteiger charge is 2.29. The van der Waals surface area contributed by atoms with E-state index >= 15 is 0 Å². The summed E-state index contributed by atoms with van der Waals surface area (Å²) in [4.78, 5) is 70.7. The maximum atomic E-state index is 13.9. The first kappa shape index (κ1) is 54.1. The van der Waals surface area contributed by atoms with E-state index in [9.17, 15) is 24.3 Å². The Labute approximate surface area is 455 Å². The quantitative estimate of drug-likeness (QED) is 0.0692. The molecule has 0 saturated heterocycles. The van der Waals surface area contributed by atoms with Gasteiger partial charge in [-0.15, -0.1) is 0 Å². The van der Waals surface area contributed by atoms with E-state index in [0.29, 0.717) is 94.8 Å². The Morgan fingerprint density at radius 2 is 0.641 bits per heavy atom. The van der Waals surface area contributed by atoms with Gasteiger partial charge in [-0.3, -0.25) is 19.2 Å². The predicted octanol–water partition coefficient (Wildman–Crippen LogP) is 9.73. The molecule has 1 aliphatic rings. The van der Waals surface area contributed by atoms with Gasteiger partial charge in [-0.05, 0) is 66.7 Å². The van der Waals surface area contributed by atoms with Crippen molar-refractivity contribution >= 4 is 68.7 Å². The number of para-hydroxylation sites is 4. The van der Waals surface area contributed by atoms with E-state index in [4.69, 9.17) is 0 Å². The number of aliphatic hydroxyl groups is 1. The molecule has 8 aromatic rings. The average Bonchev–Trinajstić information content (AvgIpc) is 4.28. The van der Waals surface area contributed by atoms with Crippen molar-refractivity contribution in [1.82, 2.24) is 19.9 Å². The summed E-state index contributed by atoms with van der Waals surface area (Å²) in [6.45, 7) is 22.1. The second-order valence-electron chi connectivity index (χ2n) is 24.1. The Morgan fingerprint density at radius 1 is 0.359 bits per heavy atom.